The molecule has 1 rings (SSSR count). The minimum Gasteiger partial charge on any atom is -0.392 e. The van der Waals surface area contributed by atoms with Crippen molar-refractivity contribution in [3.63, 3.8) is 0 Å². The highest BCUT2D eigenvalue weighted by Crippen LogP contribution is 2.10. The van der Waals surface area contributed by atoms with Gasteiger partial charge in [-0.2, -0.15) is 0 Å². The first-order chi connectivity index (χ1) is 8.04. The summed E-state index contributed by atoms with van der Waals surface area (Å²) in [5.74, 6) is -0.929. The molecule has 0 saturated carbocycles. The molecule has 96 valence electrons. The Morgan fingerprint density at radius 2 is 2.06 bits per heavy atom. The Balaban J connectivity index is 2.40. The van der Waals surface area contributed by atoms with Gasteiger partial charge in [-0.25, -0.2) is 8.78 Å². The molecule has 2 nitrogen and oxygen atoms in total. The van der Waals surface area contributed by atoms with E-state index in [4.69, 9.17) is 0 Å². The van der Waals surface area contributed by atoms with Gasteiger partial charge in [0.15, 0.2) is 0 Å². The molecule has 1 aromatic rings. The number of hydrogen-bond acceptors (Lipinski definition) is 2. The Morgan fingerprint density at radius 3 is 2.65 bits per heavy atom. The quantitative estimate of drug-likeness (QED) is 0.804. The fraction of sp³-hybridized carbons (Fsp3) is 0.538. The SMILES string of the molecule is CCC(C)C(O)CNCc1ccc(F)cc1F. The standard InChI is InChI=1S/C13H19F2NO/c1-3-9(2)13(17)8-16-7-10-4-5-11(14)6-12(10)15/h4-6,9,13,16-17H,3,7-8H2,1-2H3. The van der Waals surface area contributed by atoms with Gasteiger partial charge >= 0.3 is 0 Å². The number of hydrogen-bond donors (Lipinski definition) is 2. The minimum atomic E-state index is -0.578. The highest BCUT2D eigenvalue weighted by molar-refractivity contribution is 5.18. The number of halogens is 2. The van der Waals surface area contributed by atoms with Crippen molar-refractivity contribution in [2.75, 3.05) is 6.54 Å². The van der Waals surface area contributed by atoms with E-state index < -0.39 is 17.7 Å². The smallest absolute Gasteiger partial charge is 0.130 e. The highest BCUT2D eigenvalue weighted by atomic mass is 19.1. The maximum Gasteiger partial charge on any atom is 0.130 e. The average Bonchev–Trinajstić information content (AvgIpc) is 2.30. The van der Waals surface area contributed by atoms with Crippen molar-refractivity contribution in [3.05, 3.63) is 35.4 Å². The normalized spacial score (nSPS) is 14.6. The van der Waals surface area contributed by atoms with Crippen LogP contribution in [0.25, 0.3) is 0 Å². The Labute approximate surface area is 101 Å². The number of rotatable bonds is 6. The minimum absolute atomic E-state index is 0.209. The lowest BCUT2D eigenvalue weighted by molar-refractivity contribution is 0.112. The molecule has 0 aliphatic rings. The number of aliphatic hydroxyl groups excluding tert-OH is 1. The molecule has 1 aromatic carbocycles. The topological polar surface area (TPSA) is 32.3 Å². The van der Waals surface area contributed by atoms with Gasteiger partial charge in [0.25, 0.3) is 0 Å². The third-order valence-corrected chi connectivity index (χ3v) is 2.98. The van der Waals surface area contributed by atoms with Crippen LogP contribution in [0.3, 0.4) is 0 Å². The second-order valence-electron chi connectivity index (χ2n) is 4.32. The van der Waals surface area contributed by atoms with Gasteiger partial charge in [0.2, 0.25) is 0 Å². The van der Waals surface area contributed by atoms with Crippen LogP contribution in [0.15, 0.2) is 18.2 Å². The van der Waals surface area contributed by atoms with Crippen molar-refractivity contribution in [1.29, 1.82) is 0 Å². The first-order valence-corrected chi connectivity index (χ1v) is 5.87. The highest BCUT2D eigenvalue weighted by Gasteiger charge is 2.11. The van der Waals surface area contributed by atoms with Gasteiger partial charge in [-0.3, -0.25) is 0 Å². The molecule has 4 heteroatoms. The Bertz CT molecular complexity index is 357. The molecule has 17 heavy (non-hydrogen) atoms. The van der Waals surface area contributed by atoms with Crippen LogP contribution in [-0.4, -0.2) is 17.8 Å². The second kappa shape index (κ2) is 6.67. The Morgan fingerprint density at radius 1 is 1.35 bits per heavy atom. The van der Waals surface area contributed by atoms with Gasteiger partial charge in [0, 0.05) is 24.7 Å². The van der Waals surface area contributed by atoms with Crippen molar-refractivity contribution < 1.29 is 13.9 Å². The van der Waals surface area contributed by atoms with Crippen LogP contribution in [0, 0.1) is 17.6 Å². The molecule has 0 fully saturated rings. The van der Waals surface area contributed by atoms with Gasteiger partial charge < -0.3 is 10.4 Å². The molecule has 0 amide bonds. The van der Waals surface area contributed by atoms with Gasteiger partial charge in [-0.05, 0) is 12.0 Å². The fourth-order valence-electron chi connectivity index (χ4n) is 1.49. The van der Waals surface area contributed by atoms with Crippen LogP contribution in [0.2, 0.25) is 0 Å². The summed E-state index contributed by atoms with van der Waals surface area (Å²) in [4.78, 5) is 0. The molecule has 0 radical (unpaired) electrons. The van der Waals surface area contributed by atoms with Crippen molar-refractivity contribution in [2.24, 2.45) is 5.92 Å². The van der Waals surface area contributed by atoms with Crippen molar-refractivity contribution in [2.45, 2.75) is 32.9 Å². The molecule has 2 N–H and O–H groups in total. The lowest BCUT2D eigenvalue weighted by Crippen LogP contribution is -2.31. The van der Waals surface area contributed by atoms with Crippen LogP contribution in [-0.2, 0) is 6.54 Å². The summed E-state index contributed by atoms with van der Waals surface area (Å²) in [7, 11) is 0. The van der Waals surface area contributed by atoms with Crippen LogP contribution < -0.4 is 5.32 Å². The van der Waals surface area contributed by atoms with E-state index in [2.05, 4.69) is 5.32 Å². The van der Waals surface area contributed by atoms with Gasteiger partial charge in [0.05, 0.1) is 6.10 Å². The van der Waals surface area contributed by atoms with Crippen molar-refractivity contribution in [3.8, 4) is 0 Å². The third-order valence-electron chi connectivity index (χ3n) is 2.98. The molecule has 0 aliphatic carbocycles. The number of benzene rings is 1. The van der Waals surface area contributed by atoms with Crippen LogP contribution >= 0.6 is 0 Å². The molecule has 0 aromatic heterocycles. The predicted octanol–water partition coefficient (Wildman–Crippen LogP) is 2.46. The van der Waals surface area contributed by atoms with E-state index in [1.165, 1.54) is 12.1 Å². The van der Waals surface area contributed by atoms with E-state index in [0.29, 0.717) is 18.7 Å². The first-order valence-electron chi connectivity index (χ1n) is 5.87. The first kappa shape index (κ1) is 14.1. The third kappa shape index (κ3) is 4.40. The molecule has 0 heterocycles. The van der Waals surface area contributed by atoms with Gasteiger partial charge in [0.1, 0.15) is 11.6 Å². The maximum atomic E-state index is 13.3. The fourth-order valence-corrected chi connectivity index (χ4v) is 1.49. The predicted molar refractivity (Wildman–Crippen MR) is 63.5 cm³/mol. The summed E-state index contributed by atoms with van der Waals surface area (Å²) in [5.41, 5.74) is 0.405. The van der Waals surface area contributed by atoms with Crippen LogP contribution in [0.1, 0.15) is 25.8 Å². The average molecular weight is 243 g/mol. The van der Waals surface area contributed by atoms with E-state index in [-0.39, 0.29) is 5.92 Å². The van der Waals surface area contributed by atoms with Crippen LogP contribution in [0.4, 0.5) is 8.78 Å². The second-order valence-corrected chi connectivity index (χ2v) is 4.32. The van der Waals surface area contributed by atoms with Gasteiger partial charge in [-0.1, -0.05) is 26.3 Å². The van der Waals surface area contributed by atoms with E-state index in [1.54, 1.807) is 0 Å². The molecule has 0 saturated heterocycles. The van der Waals surface area contributed by atoms with E-state index in [0.717, 1.165) is 12.5 Å². The zero-order valence-corrected chi connectivity index (χ0v) is 10.2. The monoisotopic (exact) mass is 243 g/mol. The zero-order chi connectivity index (χ0) is 12.8. The summed E-state index contributed by atoms with van der Waals surface area (Å²) < 4.78 is 25.9. The Hall–Kier alpha value is -1.00. The molecular weight excluding hydrogens is 224 g/mol. The van der Waals surface area contributed by atoms with E-state index >= 15 is 0 Å². The molecule has 2 atom stereocenters. The largest absolute Gasteiger partial charge is 0.392 e. The van der Waals surface area contributed by atoms with Gasteiger partial charge in [-0.15, -0.1) is 0 Å². The summed E-state index contributed by atoms with van der Waals surface area (Å²) >= 11 is 0. The zero-order valence-electron chi connectivity index (χ0n) is 10.2. The lowest BCUT2D eigenvalue weighted by atomic mass is 10.0. The molecule has 0 spiro atoms. The van der Waals surface area contributed by atoms with Crippen LogP contribution in [0.5, 0.6) is 0 Å². The van der Waals surface area contributed by atoms with Crippen molar-refractivity contribution in [1.82, 2.24) is 5.32 Å². The maximum absolute atomic E-state index is 13.3. The van der Waals surface area contributed by atoms with Crippen molar-refractivity contribution >= 4 is 0 Å². The summed E-state index contributed by atoms with van der Waals surface area (Å²) in [5, 5.41) is 12.7. The number of nitrogens with one attached hydrogen (secondary N) is 1. The molecule has 2 unspecified atom stereocenters. The number of aliphatic hydroxyl groups is 1. The Kier molecular flexibility index (Phi) is 5.51. The lowest BCUT2D eigenvalue weighted by Gasteiger charge is -2.17. The summed E-state index contributed by atoms with van der Waals surface area (Å²) in [6, 6.07) is 3.50. The molecule has 0 aliphatic heterocycles. The van der Waals surface area contributed by atoms with E-state index in [9.17, 15) is 13.9 Å². The molecular formula is C13H19F2NO. The van der Waals surface area contributed by atoms with E-state index in [1.807, 2.05) is 13.8 Å². The molecule has 0 bridgehead atoms. The summed E-state index contributed by atoms with van der Waals surface area (Å²) in [6.07, 6.45) is 0.455. The summed E-state index contributed by atoms with van der Waals surface area (Å²) in [6.45, 7) is 4.67.